The summed E-state index contributed by atoms with van der Waals surface area (Å²) in [6.07, 6.45) is -2.87. The maximum absolute atomic E-state index is 13.1. The van der Waals surface area contributed by atoms with Crippen LogP contribution in [0.3, 0.4) is 0 Å². The van der Waals surface area contributed by atoms with Gasteiger partial charge in [0.1, 0.15) is 0 Å². The minimum absolute atomic E-state index is 0.0566. The topological polar surface area (TPSA) is 66.1 Å². The molecular weight excluding hydrogens is 371 g/mol. The lowest BCUT2D eigenvalue weighted by molar-refractivity contribution is -0.138. The SMILES string of the molecule is O=C(c1cccc2nc[nH]c(=O)c12)N1CC(Cc2ccccc2C(F)(F)F)C1. The van der Waals surface area contributed by atoms with E-state index in [2.05, 4.69) is 9.97 Å². The van der Waals surface area contributed by atoms with Gasteiger partial charge in [-0.1, -0.05) is 24.3 Å². The van der Waals surface area contributed by atoms with Gasteiger partial charge in [0.2, 0.25) is 0 Å². The van der Waals surface area contributed by atoms with Gasteiger partial charge in [0, 0.05) is 13.1 Å². The molecule has 1 saturated heterocycles. The third-order valence-electron chi connectivity index (χ3n) is 4.97. The Morgan fingerprint density at radius 3 is 2.64 bits per heavy atom. The zero-order chi connectivity index (χ0) is 19.9. The molecule has 0 saturated carbocycles. The molecule has 3 aromatic rings. The van der Waals surface area contributed by atoms with Crippen LogP contribution in [0.15, 0.2) is 53.6 Å². The predicted molar refractivity (Wildman–Crippen MR) is 96.9 cm³/mol. The highest BCUT2D eigenvalue weighted by Crippen LogP contribution is 2.34. The molecule has 0 aliphatic carbocycles. The van der Waals surface area contributed by atoms with E-state index in [0.29, 0.717) is 18.6 Å². The Morgan fingerprint density at radius 2 is 1.89 bits per heavy atom. The molecule has 28 heavy (non-hydrogen) atoms. The van der Waals surface area contributed by atoms with E-state index < -0.39 is 17.3 Å². The number of aromatic amines is 1. The molecule has 5 nitrogen and oxygen atoms in total. The fourth-order valence-corrected chi connectivity index (χ4v) is 3.62. The maximum atomic E-state index is 13.1. The summed E-state index contributed by atoms with van der Waals surface area (Å²) in [5.74, 6) is -0.372. The van der Waals surface area contributed by atoms with Gasteiger partial charge in [-0.3, -0.25) is 9.59 Å². The summed E-state index contributed by atoms with van der Waals surface area (Å²) in [5.41, 5.74) is -0.124. The van der Waals surface area contributed by atoms with Crippen molar-refractivity contribution >= 4 is 16.8 Å². The number of carbonyl (C=O) groups is 1. The molecule has 1 N–H and O–H groups in total. The number of hydrogen-bond donors (Lipinski definition) is 1. The third kappa shape index (κ3) is 3.26. The highest BCUT2D eigenvalue weighted by Gasteiger charge is 2.36. The van der Waals surface area contributed by atoms with Crippen molar-refractivity contribution in [3.8, 4) is 0 Å². The smallest absolute Gasteiger partial charge is 0.338 e. The number of H-pyrrole nitrogens is 1. The van der Waals surface area contributed by atoms with Gasteiger partial charge in [0.25, 0.3) is 11.5 Å². The largest absolute Gasteiger partial charge is 0.416 e. The van der Waals surface area contributed by atoms with Crippen LogP contribution in [0, 0.1) is 5.92 Å². The standard InChI is InChI=1S/C20H16F3N3O2/c21-20(22,23)15-6-2-1-4-13(15)8-12-9-26(10-12)19(28)14-5-3-7-16-17(14)18(27)25-11-24-16/h1-7,11-12H,8-10H2,(H,24,25,27). The minimum atomic E-state index is -4.40. The molecule has 144 valence electrons. The van der Waals surface area contributed by atoms with Crippen molar-refractivity contribution in [1.82, 2.24) is 14.9 Å². The first-order chi connectivity index (χ1) is 13.3. The van der Waals surface area contributed by atoms with Crippen molar-refractivity contribution in [3.63, 3.8) is 0 Å². The first-order valence-corrected chi connectivity index (χ1v) is 8.75. The first-order valence-electron chi connectivity index (χ1n) is 8.75. The van der Waals surface area contributed by atoms with Crippen molar-refractivity contribution in [3.05, 3.63) is 75.8 Å². The first kappa shape index (κ1) is 18.2. The Bertz CT molecular complexity index is 1100. The van der Waals surface area contributed by atoms with E-state index in [-0.39, 0.29) is 34.8 Å². The van der Waals surface area contributed by atoms with Crippen LogP contribution in [0.25, 0.3) is 10.9 Å². The summed E-state index contributed by atoms with van der Waals surface area (Å²) in [5, 5.41) is 0.223. The van der Waals surface area contributed by atoms with Crippen LogP contribution in [0.1, 0.15) is 21.5 Å². The number of hydrogen-bond acceptors (Lipinski definition) is 3. The molecule has 1 aromatic heterocycles. The maximum Gasteiger partial charge on any atom is 0.416 e. The van der Waals surface area contributed by atoms with E-state index in [4.69, 9.17) is 0 Å². The van der Waals surface area contributed by atoms with Crippen molar-refractivity contribution in [2.45, 2.75) is 12.6 Å². The van der Waals surface area contributed by atoms with Crippen LogP contribution in [-0.4, -0.2) is 33.9 Å². The molecule has 0 spiro atoms. The van der Waals surface area contributed by atoms with Crippen molar-refractivity contribution in [2.75, 3.05) is 13.1 Å². The summed E-state index contributed by atoms with van der Waals surface area (Å²) in [6, 6.07) is 10.4. The normalized spacial score (nSPS) is 14.9. The lowest BCUT2D eigenvalue weighted by Gasteiger charge is -2.40. The number of benzene rings is 2. The Kier molecular flexibility index (Phi) is 4.41. The second-order valence-corrected chi connectivity index (χ2v) is 6.87. The average molecular weight is 387 g/mol. The number of nitrogens with one attached hydrogen (secondary N) is 1. The number of rotatable bonds is 3. The number of halogens is 3. The molecule has 0 radical (unpaired) electrons. The van der Waals surface area contributed by atoms with Crippen LogP contribution in [0.4, 0.5) is 13.2 Å². The van der Waals surface area contributed by atoms with E-state index in [1.54, 1.807) is 29.2 Å². The molecular formula is C20H16F3N3O2. The highest BCUT2D eigenvalue weighted by molar-refractivity contribution is 6.06. The Morgan fingerprint density at radius 1 is 1.14 bits per heavy atom. The van der Waals surface area contributed by atoms with E-state index in [0.717, 1.165) is 6.07 Å². The van der Waals surface area contributed by atoms with Crippen LogP contribution >= 0.6 is 0 Å². The molecule has 0 unspecified atom stereocenters. The Labute approximate surface area is 157 Å². The molecule has 1 fully saturated rings. The van der Waals surface area contributed by atoms with Crippen LogP contribution in [-0.2, 0) is 12.6 Å². The van der Waals surface area contributed by atoms with Gasteiger partial charge in [0.05, 0.1) is 28.4 Å². The number of amides is 1. The number of fused-ring (bicyclic) bond motifs is 1. The predicted octanol–water partition coefficient (Wildman–Crippen LogP) is 3.26. The van der Waals surface area contributed by atoms with Crippen LogP contribution < -0.4 is 5.56 Å². The van der Waals surface area contributed by atoms with Gasteiger partial charge in [-0.05, 0) is 36.1 Å². The fraction of sp³-hybridized carbons (Fsp3) is 0.250. The van der Waals surface area contributed by atoms with Gasteiger partial charge in [0.15, 0.2) is 0 Å². The van der Waals surface area contributed by atoms with E-state index >= 15 is 0 Å². The number of carbonyl (C=O) groups excluding carboxylic acids is 1. The van der Waals surface area contributed by atoms with E-state index in [1.165, 1.54) is 18.5 Å². The summed E-state index contributed by atoms with van der Waals surface area (Å²) in [7, 11) is 0. The van der Waals surface area contributed by atoms with Crippen LogP contribution in [0.5, 0.6) is 0 Å². The van der Waals surface area contributed by atoms with E-state index in [9.17, 15) is 22.8 Å². The monoisotopic (exact) mass is 387 g/mol. The summed E-state index contributed by atoms with van der Waals surface area (Å²) in [6.45, 7) is 0.694. The molecule has 4 rings (SSSR count). The highest BCUT2D eigenvalue weighted by atomic mass is 19.4. The Balaban J connectivity index is 1.50. The molecule has 1 aliphatic heterocycles. The second kappa shape index (κ2) is 6.78. The van der Waals surface area contributed by atoms with Crippen molar-refractivity contribution in [2.24, 2.45) is 5.92 Å². The summed E-state index contributed by atoms with van der Waals surface area (Å²) < 4.78 is 39.4. The van der Waals surface area contributed by atoms with Crippen molar-refractivity contribution in [1.29, 1.82) is 0 Å². The number of aromatic nitrogens is 2. The molecule has 2 aromatic carbocycles. The zero-order valence-corrected chi connectivity index (χ0v) is 14.7. The molecule has 8 heteroatoms. The lowest BCUT2D eigenvalue weighted by atomic mass is 9.89. The minimum Gasteiger partial charge on any atom is -0.338 e. The summed E-state index contributed by atoms with van der Waals surface area (Å²) >= 11 is 0. The summed E-state index contributed by atoms with van der Waals surface area (Å²) in [4.78, 5) is 32.9. The third-order valence-corrected chi connectivity index (χ3v) is 4.97. The molecule has 1 aliphatic rings. The van der Waals surface area contributed by atoms with Crippen molar-refractivity contribution < 1.29 is 18.0 Å². The Hall–Kier alpha value is -3.16. The van der Waals surface area contributed by atoms with Gasteiger partial charge in [-0.15, -0.1) is 0 Å². The molecule has 1 amide bonds. The fourth-order valence-electron chi connectivity index (χ4n) is 3.62. The van der Waals surface area contributed by atoms with Gasteiger partial charge in [-0.25, -0.2) is 4.98 Å². The molecule has 0 bridgehead atoms. The molecule has 2 heterocycles. The second-order valence-electron chi connectivity index (χ2n) is 6.87. The number of likely N-dealkylation sites (tertiary alicyclic amines) is 1. The van der Waals surface area contributed by atoms with Gasteiger partial charge < -0.3 is 9.88 Å². The zero-order valence-electron chi connectivity index (χ0n) is 14.7. The van der Waals surface area contributed by atoms with Gasteiger partial charge >= 0.3 is 6.18 Å². The lowest BCUT2D eigenvalue weighted by Crippen LogP contribution is -2.51. The van der Waals surface area contributed by atoms with Gasteiger partial charge in [-0.2, -0.15) is 13.2 Å². The van der Waals surface area contributed by atoms with E-state index in [1.807, 2.05) is 0 Å². The molecule has 0 atom stereocenters. The average Bonchev–Trinajstić information content (AvgIpc) is 2.63. The number of nitrogens with zero attached hydrogens (tertiary/aromatic N) is 2. The number of alkyl halides is 3. The van der Waals surface area contributed by atoms with Crippen LogP contribution in [0.2, 0.25) is 0 Å². The quantitative estimate of drug-likeness (QED) is 0.750.